The maximum absolute atomic E-state index is 12.0. The highest BCUT2D eigenvalue weighted by atomic mass is 35.5. The molecule has 0 radical (unpaired) electrons. The summed E-state index contributed by atoms with van der Waals surface area (Å²) in [5.74, 6) is -0.418. The molecule has 1 aromatic rings. The average molecular weight is 341 g/mol. The molecule has 0 amide bonds. The lowest BCUT2D eigenvalue weighted by molar-refractivity contribution is 0.0599. The molecule has 1 rings (SSSR count). The van der Waals surface area contributed by atoms with Crippen molar-refractivity contribution in [2.75, 3.05) is 26.7 Å². The van der Waals surface area contributed by atoms with Crippen LogP contribution in [0.2, 0.25) is 0 Å². The standard InChI is InChI=1S/C12H20N2O5S.ClH/c1-4-5-13-6-7-14-20(16,17)11-8-10(9(2)19-11)12(15)18-3;/h8,13-14H,4-7H2,1-3H3;1H. The minimum Gasteiger partial charge on any atom is -0.465 e. The minimum atomic E-state index is -3.76. The molecule has 0 atom stereocenters. The van der Waals surface area contributed by atoms with E-state index in [0.717, 1.165) is 13.0 Å². The number of hydrogen-bond acceptors (Lipinski definition) is 6. The number of nitrogens with one attached hydrogen (secondary N) is 2. The number of ether oxygens (including phenoxy) is 1. The smallest absolute Gasteiger partial charge is 0.341 e. The van der Waals surface area contributed by atoms with Gasteiger partial charge in [0.25, 0.3) is 10.0 Å². The van der Waals surface area contributed by atoms with Crippen LogP contribution in [0.25, 0.3) is 0 Å². The van der Waals surface area contributed by atoms with Crippen molar-refractivity contribution in [3.8, 4) is 0 Å². The number of esters is 1. The van der Waals surface area contributed by atoms with E-state index in [9.17, 15) is 13.2 Å². The van der Waals surface area contributed by atoms with E-state index in [1.807, 2.05) is 6.92 Å². The van der Waals surface area contributed by atoms with Gasteiger partial charge >= 0.3 is 5.97 Å². The number of halogens is 1. The Hall–Kier alpha value is -1.09. The van der Waals surface area contributed by atoms with E-state index < -0.39 is 16.0 Å². The summed E-state index contributed by atoms with van der Waals surface area (Å²) in [6.45, 7) is 5.13. The first-order chi connectivity index (χ1) is 9.42. The third kappa shape index (κ3) is 5.66. The van der Waals surface area contributed by atoms with Gasteiger partial charge in [-0.1, -0.05) is 6.92 Å². The van der Waals surface area contributed by atoms with Gasteiger partial charge < -0.3 is 14.5 Å². The third-order valence-electron chi connectivity index (χ3n) is 2.59. The largest absolute Gasteiger partial charge is 0.465 e. The number of furan rings is 1. The summed E-state index contributed by atoms with van der Waals surface area (Å²) >= 11 is 0. The van der Waals surface area contributed by atoms with E-state index in [0.29, 0.717) is 6.54 Å². The molecule has 0 aliphatic carbocycles. The van der Waals surface area contributed by atoms with Crippen LogP contribution in [-0.2, 0) is 14.8 Å². The van der Waals surface area contributed by atoms with Crippen molar-refractivity contribution in [1.82, 2.24) is 10.0 Å². The maximum atomic E-state index is 12.0. The van der Waals surface area contributed by atoms with Crippen LogP contribution in [0.15, 0.2) is 15.6 Å². The lowest BCUT2D eigenvalue weighted by Crippen LogP contribution is -2.32. The molecule has 0 saturated heterocycles. The molecule has 21 heavy (non-hydrogen) atoms. The molecule has 0 aliphatic rings. The second-order valence-corrected chi connectivity index (χ2v) is 5.87. The second kappa shape index (κ2) is 9.04. The topological polar surface area (TPSA) is 97.6 Å². The Labute approximate surface area is 130 Å². The van der Waals surface area contributed by atoms with Crippen molar-refractivity contribution in [1.29, 1.82) is 0 Å². The third-order valence-corrected chi connectivity index (χ3v) is 3.90. The van der Waals surface area contributed by atoms with Crippen molar-refractivity contribution >= 4 is 28.4 Å². The van der Waals surface area contributed by atoms with Gasteiger partial charge in [0, 0.05) is 19.2 Å². The van der Waals surface area contributed by atoms with Crippen LogP contribution in [0.3, 0.4) is 0 Å². The van der Waals surface area contributed by atoms with Gasteiger partial charge in [0.05, 0.1) is 7.11 Å². The van der Waals surface area contributed by atoms with E-state index in [2.05, 4.69) is 14.8 Å². The number of carbonyl (C=O) groups excluding carboxylic acids is 1. The lowest BCUT2D eigenvalue weighted by atomic mass is 10.3. The fraction of sp³-hybridized carbons (Fsp3) is 0.583. The van der Waals surface area contributed by atoms with Gasteiger partial charge in [0.1, 0.15) is 11.3 Å². The Kier molecular flexibility index (Phi) is 8.57. The zero-order valence-electron chi connectivity index (χ0n) is 12.3. The first-order valence-electron chi connectivity index (χ1n) is 6.31. The van der Waals surface area contributed by atoms with Crippen LogP contribution in [0.5, 0.6) is 0 Å². The summed E-state index contributed by atoms with van der Waals surface area (Å²) in [4.78, 5) is 11.4. The fourth-order valence-corrected chi connectivity index (χ4v) is 2.57. The van der Waals surface area contributed by atoms with Crippen molar-refractivity contribution in [2.24, 2.45) is 0 Å². The second-order valence-electron chi connectivity index (χ2n) is 4.17. The normalized spacial score (nSPS) is 11.0. The summed E-state index contributed by atoms with van der Waals surface area (Å²) in [6.07, 6.45) is 0.979. The zero-order valence-corrected chi connectivity index (χ0v) is 13.9. The van der Waals surface area contributed by atoms with Crippen LogP contribution in [0.4, 0.5) is 0 Å². The monoisotopic (exact) mass is 340 g/mol. The molecule has 7 nitrogen and oxygen atoms in total. The summed E-state index contributed by atoms with van der Waals surface area (Å²) in [7, 11) is -2.53. The molecule has 0 bridgehead atoms. The van der Waals surface area contributed by atoms with Gasteiger partial charge in [-0.2, -0.15) is 0 Å². The quantitative estimate of drug-likeness (QED) is 0.542. The molecule has 9 heteroatoms. The summed E-state index contributed by atoms with van der Waals surface area (Å²) in [5.41, 5.74) is 0.108. The number of aryl methyl sites for hydroxylation is 1. The van der Waals surface area contributed by atoms with Crippen molar-refractivity contribution in [3.05, 3.63) is 17.4 Å². The molecule has 0 aliphatic heterocycles. The molecule has 0 aromatic carbocycles. The number of carbonyl (C=O) groups is 1. The predicted molar refractivity (Wildman–Crippen MR) is 80.4 cm³/mol. The van der Waals surface area contributed by atoms with E-state index in [1.54, 1.807) is 0 Å². The Morgan fingerprint density at radius 3 is 2.57 bits per heavy atom. The highest BCUT2D eigenvalue weighted by molar-refractivity contribution is 7.89. The van der Waals surface area contributed by atoms with Gasteiger partial charge in [-0.3, -0.25) is 0 Å². The van der Waals surface area contributed by atoms with Crippen molar-refractivity contribution in [2.45, 2.75) is 25.4 Å². The number of sulfonamides is 1. The van der Waals surface area contributed by atoms with E-state index in [1.165, 1.54) is 20.1 Å². The summed E-state index contributed by atoms with van der Waals surface area (Å²) in [6, 6.07) is 1.17. The maximum Gasteiger partial charge on any atom is 0.341 e. The van der Waals surface area contributed by atoms with Gasteiger partial charge in [-0.05, 0) is 19.9 Å². The van der Waals surface area contributed by atoms with E-state index in [4.69, 9.17) is 4.42 Å². The zero-order chi connectivity index (χ0) is 15.2. The molecular weight excluding hydrogens is 320 g/mol. The molecule has 0 unspecified atom stereocenters. The number of methoxy groups -OCH3 is 1. The fourth-order valence-electron chi connectivity index (χ4n) is 1.55. The molecule has 2 N–H and O–H groups in total. The highest BCUT2D eigenvalue weighted by Gasteiger charge is 2.23. The average Bonchev–Trinajstić information content (AvgIpc) is 2.80. The predicted octanol–water partition coefficient (Wildman–Crippen LogP) is 1.07. The molecule has 122 valence electrons. The van der Waals surface area contributed by atoms with Crippen LogP contribution in [0.1, 0.15) is 29.5 Å². The van der Waals surface area contributed by atoms with Gasteiger partial charge in [-0.15, -0.1) is 12.4 Å². The van der Waals surface area contributed by atoms with Crippen molar-refractivity contribution in [3.63, 3.8) is 0 Å². The van der Waals surface area contributed by atoms with Crippen LogP contribution in [0, 0.1) is 6.92 Å². The Balaban J connectivity index is 0.00000400. The molecule has 1 heterocycles. The highest BCUT2D eigenvalue weighted by Crippen LogP contribution is 2.19. The molecular formula is C12H21ClN2O5S. The molecule has 0 fully saturated rings. The summed E-state index contributed by atoms with van der Waals surface area (Å²) < 4.78 is 36.0. The molecule has 0 saturated carbocycles. The Morgan fingerprint density at radius 1 is 1.33 bits per heavy atom. The van der Waals surface area contributed by atoms with Crippen LogP contribution < -0.4 is 10.0 Å². The number of rotatable bonds is 8. The first kappa shape index (κ1) is 19.9. The Morgan fingerprint density at radius 2 is 2.00 bits per heavy atom. The van der Waals surface area contributed by atoms with Crippen molar-refractivity contribution < 1.29 is 22.4 Å². The van der Waals surface area contributed by atoms with Crippen LogP contribution >= 0.6 is 12.4 Å². The lowest BCUT2D eigenvalue weighted by Gasteiger charge is -2.04. The van der Waals surface area contributed by atoms with E-state index in [-0.39, 0.29) is 35.4 Å². The van der Waals surface area contributed by atoms with Crippen LogP contribution in [-0.4, -0.2) is 41.1 Å². The SMILES string of the molecule is CCCNCCNS(=O)(=O)c1cc(C(=O)OC)c(C)o1.Cl. The van der Waals surface area contributed by atoms with Gasteiger partial charge in [-0.25, -0.2) is 17.9 Å². The summed E-state index contributed by atoms with van der Waals surface area (Å²) in [5, 5.41) is 2.79. The Bertz CT molecular complexity index is 556. The molecule has 1 aromatic heterocycles. The molecule has 0 spiro atoms. The number of hydrogen-bond donors (Lipinski definition) is 2. The van der Waals surface area contributed by atoms with E-state index >= 15 is 0 Å². The first-order valence-corrected chi connectivity index (χ1v) is 7.79. The minimum absolute atomic E-state index is 0. The van der Waals surface area contributed by atoms with Gasteiger partial charge in [0.2, 0.25) is 5.09 Å². The van der Waals surface area contributed by atoms with Gasteiger partial charge in [0.15, 0.2) is 0 Å².